The lowest BCUT2D eigenvalue weighted by molar-refractivity contribution is -0.173. The average Bonchev–Trinajstić information content (AvgIpc) is 3.11. The van der Waals surface area contributed by atoms with E-state index in [1.165, 1.54) is 21.4 Å². The topological polar surface area (TPSA) is 92.1 Å². The van der Waals surface area contributed by atoms with Crippen molar-refractivity contribution >= 4 is 35.2 Å². The number of carbonyl (C=O) groups excluding carboxylic acids is 1. The number of alkyl halides is 3. The molecule has 0 saturated heterocycles. The molecular formula is C29H27ClF3N3O5S. The second-order valence-corrected chi connectivity index (χ2v) is 11.4. The number of aromatic carboxylic acids is 1. The maximum Gasteiger partial charge on any atom is 0.408 e. The van der Waals surface area contributed by atoms with Crippen LogP contribution in [0.5, 0.6) is 5.75 Å². The molecule has 0 bridgehead atoms. The third-order valence-electron chi connectivity index (χ3n) is 7.41. The highest BCUT2D eigenvalue weighted by Crippen LogP contribution is 2.45. The summed E-state index contributed by atoms with van der Waals surface area (Å²) in [5.74, 6) is -2.76. The monoisotopic (exact) mass is 621 g/mol. The number of nitrogens with zero attached hydrogens (tertiary/aromatic N) is 3. The van der Waals surface area contributed by atoms with Gasteiger partial charge < -0.3 is 14.7 Å². The van der Waals surface area contributed by atoms with Crippen LogP contribution >= 0.6 is 23.4 Å². The summed E-state index contributed by atoms with van der Waals surface area (Å²) >= 11 is 8.30. The van der Waals surface area contributed by atoms with Gasteiger partial charge >= 0.3 is 12.1 Å². The highest BCUT2D eigenvalue weighted by molar-refractivity contribution is 7.98. The molecule has 2 aromatic carbocycles. The molecule has 0 spiro atoms. The number of halogens is 4. The zero-order chi connectivity index (χ0) is 30.3. The van der Waals surface area contributed by atoms with Gasteiger partial charge in [-0.2, -0.15) is 13.2 Å². The van der Waals surface area contributed by atoms with Crippen LogP contribution in [0.3, 0.4) is 0 Å². The standard InChI is InChI=1S/C29H27ClF3N3O5S/c1-3-4-12-41-26-24-27(38)34(16(2)29(31,32)33)15-36(35(24)13-19(25(26)37)28(39)40)23-18-9-5-6-11-21(18)42-14-17-8-7-10-20(30)22(17)23/h5-11,13,16,23H,3-4,12,14-15H2,1-2H3,(H,39,40)/t16-,23-/m1/s1. The molecule has 0 saturated carbocycles. The van der Waals surface area contributed by atoms with E-state index in [0.717, 1.165) is 23.6 Å². The molecule has 2 aliphatic heterocycles. The van der Waals surface area contributed by atoms with Crippen LogP contribution in [-0.4, -0.2) is 52.1 Å². The summed E-state index contributed by atoms with van der Waals surface area (Å²) in [7, 11) is 0. The van der Waals surface area contributed by atoms with E-state index in [-0.39, 0.29) is 6.61 Å². The van der Waals surface area contributed by atoms with Crippen LogP contribution in [0.4, 0.5) is 13.2 Å². The zero-order valence-electron chi connectivity index (χ0n) is 22.7. The van der Waals surface area contributed by atoms with Gasteiger partial charge in [0.05, 0.1) is 6.61 Å². The van der Waals surface area contributed by atoms with Crippen molar-refractivity contribution in [2.45, 2.75) is 55.6 Å². The predicted molar refractivity (Wildman–Crippen MR) is 152 cm³/mol. The SMILES string of the molecule is CCCCOc1c2n(cc(C(=O)O)c1=O)N([C@@H]1c3ccccc3SCc3cccc(Cl)c31)CN([C@H](C)C(F)(F)F)C2=O. The molecule has 2 atom stereocenters. The number of rotatable bonds is 7. The van der Waals surface area contributed by atoms with Crippen LogP contribution < -0.4 is 15.2 Å². The number of amides is 1. The number of fused-ring (bicyclic) bond motifs is 3. The molecule has 13 heteroatoms. The molecule has 1 amide bonds. The van der Waals surface area contributed by atoms with Crippen molar-refractivity contribution in [1.29, 1.82) is 0 Å². The van der Waals surface area contributed by atoms with E-state index < -0.39 is 59.2 Å². The second kappa shape index (κ2) is 11.6. The Morgan fingerprint density at radius 2 is 1.93 bits per heavy atom. The van der Waals surface area contributed by atoms with Gasteiger partial charge in [-0.15, -0.1) is 11.8 Å². The number of hydrogen-bond acceptors (Lipinski definition) is 6. The van der Waals surface area contributed by atoms with Gasteiger partial charge in [0.25, 0.3) is 5.91 Å². The number of benzene rings is 2. The van der Waals surface area contributed by atoms with Crippen LogP contribution in [0.25, 0.3) is 0 Å². The molecule has 0 aliphatic carbocycles. The molecule has 8 nitrogen and oxygen atoms in total. The first-order chi connectivity index (χ1) is 20.0. The van der Waals surface area contributed by atoms with E-state index in [9.17, 15) is 32.7 Å². The van der Waals surface area contributed by atoms with Gasteiger partial charge in [0.2, 0.25) is 5.43 Å². The van der Waals surface area contributed by atoms with Crippen molar-refractivity contribution in [3.05, 3.63) is 91.9 Å². The van der Waals surface area contributed by atoms with Gasteiger partial charge in [-0.1, -0.05) is 55.3 Å². The van der Waals surface area contributed by atoms with Gasteiger partial charge in [0, 0.05) is 27.4 Å². The van der Waals surface area contributed by atoms with E-state index in [0.29, 0.717) is 39.6 Å². The average molecular weight is 622 g/mol. The lowest BCUT2D eigenvalue weighted by Gasteiger charge is -2.46. The molecule has 42 heavy (non-hydrogen) atoms. The molecule has 0 radical (unpaired) electrons. The number of carboxylic acid groups (broad SMARTS) is 1. The van der Waals surface area contributed by atoms with Crippen molar-refractivity contribution < 1.29 is 32.6 Å². The van der Waals surface area contributed by atoms with Gasteiger partial charge in [0.1, 0.15) is 24.3 Å². The minimum atomic E-state index is -4.79. The fraction of sp³-hybridized carbons (Fsp3) is 0.345. The normalized spacial score (nSPS) is 17.2. The van der Waals surface area contributed by atoms with E-state index in [1.54, 1.807) is 18.2 Å². The summed E-state index contributed by atoms with van der Waals surface area (Å²) in [5.41, 5.74) is -0.141. The Bertz CT molecular complexity index is 1610. The molecule has 0 fully saturated rings. The van der Waals surface area contributed by atoms with Gasteiger partial charge in [-0.05, 0) is 36.6 Å². The Labute approximate surface area is 248 Å². The molecule has 222 valence electrons. The van der Waals surface area contributed by atoms with Gasteiger partial charge in [0.15, 0.2) is 11.4 Å². The number of aromatic nitrogens is 1. The first-order valence-corrected chi connectivity index (χ1v) is 14.6. The van der Waals surface area contributed by atoms with Gasteiger partial charge in [-0.3, -0.25) is 19.3 Å². The fourth-order valence-electron chi connectivity index (χ4n) is 5.16. The number of unbranched alkanes of at least 4 members (excludes halogenated alkanes) is 1. The number of hydrogen-bond donors (Lipinski definition) is 1. The van der Waals surface area contributed by atoms with E-state index >= 15 is 0 Å². The maximum atomic E-state index is 14.1. The van der Waals surface area contributed by atoms with Crippen molar-refractivity contribution in [3.63, 3.8) is 0 Å². The highest BCUT2D eigenvalue weighted by atomic mass is 35.5. The quantitative estimate of drug-likeness (QED) is 0.320. The molecule has 0 unspecified atom stereocenters. The van der Waals surface area contributed by atoms with Crippen LogP contribution in [-0.2, 0) is 5.75 Å². The Hall–Kier alpha value is -3.64. The molecule has 3 aromatic rings. The largest absolute Gasteiger partial charge is 0.487 e. The summed E-state index contributed by atoms with van der Waals surface area (Å²) in [4.78, 5) is 40.8. The predicted octanol–water partition coefficient (Wildman–Crippen LogP) is 6.08. The Kier molecular flexibility index (Phi) is 8.21. The summed E-state index contributed by atoms with van der Waals surface area (Å²) in [5, 5.41) is 11.7. The van der Waals surface area contributed by atoms with Crippen molar-refractivity contribution in [2.24, 2.45) is 0 Å². The number of pyridine rings is 1. The van der Waals surface area contributed by atoms with Gasteiger partial charge in [-0.25, -0.2) is 4.79 Å². The fourth-order valence-corrected chi connectivity index (χ4v) is 6.54. The van der Waals surface area contributed by atoms with E-state index in [1.807, 2.05) is 31.2 Å². The first-order valence-electron chi connectivity index (χ1n) is 13.2. The second-order valence-electron chi connectivity index (χ2n) is 10.0. The van der Waals surface area contributed by atoms with Crippen LogP contribution in [0.2, 0.25) is 5.02 Å². The zero-order valence-corrected chi connectivity index (χ0v) is 24.2. The minimum absolute atomic E-state index is 0.0402. The third-order valence-corrected chi connectivity index (χ3v) is 8.88. The number of ether oxygens (including phenoxy) is 1. The number of carbonyl (C=O) groups is 2. The van der Waals surface area contributed by atoms with E-state index in [4.69, 9.17) is 16.3 Å². The maximum absolute atomic E-state index is 14.1. The molecule has 5 rings (SSSR count). The van der Waals surface area contributed by atoms with E-state index in [2.05, 4.69) is 0 Å². The van der Waals surface area contributed by atoms with Crippen LogP contribution in [0, 0.1) is 0 Å². The van der Waals surface area contributed by atoms with Crippen LogP contribution in [0.1, 0.15) is 70.3 Å². The Balaban J connectivity index is 1.85. The lowest BCUT2D eigenvalue weighted by Crippen LogP contribution is -2.60. The summed E-state index contributed by atoms with van der Waals surface area (Å²) in [6, 6.07) is 9.55. The van der Waals surface area contributed by atoms with Crippen LogP contribution in [0.15, 0.2) is 58.4 Å². The molecule has 2 aliphatic rings. The summed E-state index contributed by atoms with van der Waals surface area (Å²) < 4.78 is 49.3. The molecule has 1 N–H and O–H groups in total. The Morgan fingerprint density at radius 3 is 2.62 bits per heavy atom. The number of carboxylic acids is 1. The lowest BCUT2D eigenvalue weighted by atomic mass is 9.94. The minimum Gasteiger partial charge on any atom is -0.487 e. The molecule has 1 aromatic heterocycles. The highest BCUT2D eigenvalue weighted by Gasteiger charge is 2.48. The summed E-state index contributed by atoms with van der Waals surface area (Å²) in [6.45, 7) is 2.10. The smallest absolute Gasteiger partial charge is 0.408 e. The first kappa shape index (κ1) is 29.8. The summed E-state index contributed by atoms with van der Waals surface area (Å²) in [6.07, 6.45) is -2.68. The van der Waals surface area contributed by atoms with Crippen molar-refractivity contribution in [1.82, 2.24) is 9.58 Å². The third kappa shape index (κ3) is 5.22. The van der Waals surface area contributed by atoms with Crippen molar-refractivity contribution in [2.75, 3.05) is 18.3 Å². The molecular weight excluding hydrogens is 595 g/mol. The number of thioether (sulfide) groups is 1. The Morgan fingerprint density at radius 1 is 1.19 bits per heavy atom. The molecule has 3 heterocycles. The van der Waals surface area contributed by atoms with Crippen molar-refractivity contribution in [3.8, 4) is 5.75 Å².